The van der Waals surface area contributed by atoms with E-state index in [0.717, 1.165) is 11.4 Å². The number of halogens is 1. The van der Waals surface area contributed by atoms with Gasteiger partial charge in [-0.25, -0.2) is 4.98 Å². The highest BCUT2D eigenvalue weighted by molar-refractivity contribution is 6.31. The minimum atomic E-state index is 0.0257. The predicted molar refractivity (Wildman–Crippen MR) is 75.5 cm³/mol. The quantitative estimate of drug-likeness (QED) is 0.883. The number of rotatable bonds is 5. The predicted octanol–water partition coefficient (Wildman–Crippen LogP) is 2.85. The molecule has 0 amide bonds. The molecule has 0 bridgehead atoms. The number of anilines is 1. The van der Waals surface area contributed by atoms with E-state index in [1.165, 1.54) is 0 Å². The summed E-state index contributed by atoms with van der Waals surface area (Å²) >= 11 is 6.06. The molecule has 2 rings (SSSR count). The van der Waals surface area contributed by atoms with Crippen LogP contribution in [0.15, 0.2) is 36.4 Å². The van der Waals surface area contributed by atoms with Gasteiger partial charge in [0.2, 0.25) is 0 Å². The third-order valence-electron chi connectivity index (χ3n) is 2.66. The van der Waals surface area contributed by atoms with Crippen molar-refractivity contribution in [3.8, 4) is 5.75 Å². The molecule has 5 heteroatoms. The molecular formula is C14H15ClN2O2. The Morgan fingerprint density at radius 3 is 2.58 bits per heavy atom. The summed E-state index contributed by atoms with van der Waals surface area (Å²) in [5, 5.41) is 12.5. The Kier molecular flexibility index (Phi) is 4.60. The Labute approximate surface area is 117 Å². The molecule has 100 valence electrons. The Balaban J connectivity index is 2.05. The van der Waals surface area contributed by atoms with Gasteiger partial charge in [-0.1, -0.05) is 23.7 Å². The van der Waals surface area contributed by atoms with Gasteiger partial charge in [0, 0.05) is 7.05 Å². The summed E-state index contributed by atoms with van der Waals surface area (Å²) in [7, 11) is 1.80. The molecule has 0 radical (unpaired) electrons. The first-order valence-corrected chi connectivity index (χ1v) is 6.26. The number of aliphatic hydroxyl groups excluding tert-OH is 1. The van der Waals surface area contributed by atoms with Gasteiger partial charge in [-0.05, 0) is 29.8 Å². The number of pyridine rings is 1. The fourth-order valence-corrected chi connectivity index (χ4v) is 1.73. The van der Waals surface area contributed by atoms with Crippen LogP contribution in [0.2, 0.25) is 5.02 Å². The van der Waals surface area contributed by atoms with Crippen molar-refractivity contribution in [1.29, 1.82) is 0 Å². The Morgan fingerprint density at radius 1 is 1.21 bits per heavy atom. The van der Waals surface area contributed by atoms with Crippen LogP contribution in [0.5, 0.6) is 5.75 Å². The summed E-state index contributed by atoms with van der Waals surface area (Å²) < 4.78 is 5.62. The highest BCUT2D eigenvalue weighted by Crippen LogP contribution is 2.19. The van der Waals surface area contributed by atoms with E-state index in [0.29, 0.717) is 23.1 Å². The molecule has 0 aliphatic rings. The third kappa shape index (κ3) is 3.59. The second-order valence-corrected chi connectivity index (χ2v) is 4.37. The number of benzene rings is 1. The standard InChI is InChI=1S/C14H15ClN2O2/c1-16-14-7-6-12(15)13(17-14)9-19-11-4-2-10(8-18)3-5-11/h2-7,18H,8-9H2,1H3,(H,16,17). The zero-order valence-electron chi connectivity index (χ0n) is 10.6. The molecule has 0 aliphatic heterocycles. The van der Waals surface area contributed by atoms with Crippen LogP contribution < -0.4 is 10.1 Å². The summed E-state index contributed by atoms with van der Waals surface area (Å²) in [6.07, 6.45) is 0. The van der Waals surface area contributed by atoms with Gasteiger partial charge in [0.05, 0.1) is 17.3 Å². The van der Waals surface area contributed by atoms with E-state index < -0.39 is 0 Å². The largest absolute Gasteiger partial charge is 0.487 e. The van der Waals surface area contributed by atoms with Crippen LogP contribution in [0.3, 0.4) is 0 Å². The second-order valence-electron chi connectivity index (χ2n) is 3.97. The summed E-state index contributed by atoms with van der Waals surface area (Å²) in [6.45, 7) is 0.324. The maximum Gasteiger partial charge on any atom is 0.132 e. The lowest BCUT2D eigenvalue weighted by Gasteiger charge is -2.09. The van der Waals surface area contributed by atoms with E-state index in [2.05, 4.69) is 10.3 Å². The molecule has 4 nitrogen and oxygen atoms in total. The Morgan fingerprint density at radius 2 is 1.95 bits per heavy atom. The molecule has 0 saturated carbocycles. The molecule has 2 N–H and O–H groups in total. The van der Waals surface area contributed by atoms with Crippen LogP contribution in [0.1, 0.15) is 11.3 Å². The van der Waals surface area contributed by atoms with Crippen molar-refractivity contribution in [1.82, 2.24) is 4.98 Å². The molecular weight excluding hydrogens is 264 g/mol. The number of nitrogens with one attached hydrogen (secondary N) is 1. The SMILES string of the molecule is CNc1ccc(Cl)c(COc2ccc(CO)cc2)n1. The number of nitrogens with zero attached hydrogens (tertiary/aromatic N) is 1. The lowest BCUT2D eigenvalue weighted by molar-refractivity contribution is 0.280. The van der Waals surface area contributed by atoms with E-state index >= 15 is 0 Å². The highest BCUT2D eigenvalue weighted by Gasteiger charge is 2.04. The van der Waals surface area contributed by atoms with Crippen LogP contribution in [-0.2, 0) is 13.2 Å². The van der Waals surface area contributed by atoms with E-state index in [-0.39, 0.29) is 6.61 Å². The van der Waals surface area contributed by atoms with Crippen LogP contribution in [0, 0.1) is 0 Å². The molecule has 0 aliphatic carbocycles. The number of hydrogen-bond donors (Lipinski definition) is 2. The number of hydrogen-bond acceptors (Lipinski definition) is 4. The first-order chi connectivity index (χ1) is 9.22. The van der Waals surface area contributed by atoms with Gasteiger partial charge in [0.1, 0.15) is 18.2 Å². The Bertz CT molecular complexity index is 544. The topological polar surface area (TPSA) is 54.4 Å². The molecule has 0 atom stereocenters. The average Bonchev–Trinajstić information content (AvgIpc) is 2.47. The van der Waals surface area contributed by atoms with Gasteiger partial charge >= 0.3 is 0 Å². The van der Waals surface area contributed by atoms with Gasteiger partial charge in [0.25, 0.3) is 0 Å². The minimum absolute atomic E-state index is 0.0257. The van der Waals surface area contributed by atoms with Gasteiger partial charge < -0.3 is 15.2 Å². The lowest BCUT2D eigenvalue weighted by atomic mass is 10.2. The molecule has 0 spiro atoms. The van der Waals surface area contributed by atoms with Crippen molar-refractivity contribution >= 4 is 17.4 Å². The van der Waals surface area contributed by atoms with E-state index in [9.17, 15) is 0 Å². The molecule has 0 unspecified atom stereocenters. The molecule has 0 fully saturated rings. The smallest absolute Gasteiger partial charge is 0.132 e. The minimum Gasteiger partial charge on any atom is -0.487 e. The fraction of sp³-hybridized carbons (Fsp3) is 0.214. The average molecular weight is 279 g/mol. The number of ether oxygens (including phenoxy) is 1. The maximum atomic E-state index is 8.96. The third-order valence-corrected chi connectivity index (χ3v) is 3.00. The van der Waals surface area contributed by atoms with Gasteiger partial charge in [-0.2, -0.15) is 0 Å². The van der Waals surface area contributed by atoms with Gasteiger partial charge in [-0.15, -0.1) is 0 Å². The summed E-state index contributed by atoms with van der Waals surface area (Å²) in [5.74, 6) is 1.46. The summed E-state index contributed by atoms with van der Waals surface area (Å²) in [6, 6.07) is 10.8. The molecule has 1 heterocycles. The second kappa shape index (κ2) is 6.41. The van der Waals surface area contributed by atoms with Crippen LogP contribution in [-0.4, -0.2) is 17.1 Å². The van der Waals surface area contributed by atoms with E-state index in [1.54, 1.807) is 25.2 Å². The van der Waals surface area contributed by atoms with Gasteiger partial charge in [-0.3, -0.25) is 0 Å². The van der Waals surface area contributed by atoms with Crippen LogP contribution >= 0.6 is 11.6 Å². The summed E-state index contributed by atoms with van der Waals surface area (Å²) in [5.41, 5.74) is 1.53. The molecule has 1 aromatic carbocycles. The summed E-state index contributed by atoms with van der Waals surface area (Å²) in [4.78, 5) is 4.33. The normalized spacial score (nSPS) is 10.3. The molecule has 2 aromatic rings. The van der Waals surface area contributed by atoms with Crippen LogP contribution in [0.4, 0.5) is 5.82 Å². The van der Waals surface area contributed by atoms with Crippen molar-refractivity contribution in [3.05, 3.63) is 52.7 Å². The van der Waals surface area contributed by atoms with Crippen LogP contribution in [0.25, 0.3) is 0 Å². The van der Waals surface area contributed by atoms with E-state index in [1.807, 2.05) is 18.2 Å². The van der Waals surface area contributed by atoms with Crippen molar-refractivity contribution in [2.45, 2.75) is 13.2 Å². The van der Waals surface area contributed by atoms with Crippen molar-refractivity contribution in [3.63, 3.8) is 0 Å². The molecule has 0 saturated heterocycles. The lowest BCUT2D eigenvalue weighted by Crippen LogP contribution is -2.02. The number of aromatic nitrogens is 1. The number of aliphatic hydroxyl groups is 1. The zero-order chi connectivity index (χ0) is 13.7. The fourth-order valence-electron chi connectivity index (χ4n) is 1.57. The molecule has 19 heavy (non-hydrogen) atoms. The first-order valence-electron chi connectivity index (χ1n) is 5.88. The van der Waals surface area contributed by atoms with Gasteiger partial charge in [0.15, 0.2) is 0 Å². The maximum absolute atomic E-state index is 8.96. The highest BCUT2D eigenvalue weighted by atomic mass is 35.5. The zero-order valence-corrected chi connectivity index (χ0v) is 11.3. The molecule has 1 aromatic heterocycles. The first kappa shape index (κ1) is 13.6. The Hall–Kier alpha value is -1.78. The van der Waals surface area contributed by atoms with E-state index in [4.69, 9.17) is 21.4 Å². The van der Waals surface area contributed by atoms with Crippen molar-refractivity contribution in [2.24, 2.45) is 0 Å². The monoisotopic (exact) mass is 278 g/mol. The van der Waals surface area contributed by atoms with Crippen molar-refractivity contribution < 1.29 is 9.84 Å². The van der Waals surface area contributed by atoms with Crippen molar-refractivity contribution in [2.75, 3.05) is 12.4 Å².